The van der Waals surface area contributed by atoms with Gasteiger partial charge in [0.05, 0.1) is 27.7 Å². The van der Waals surface area contributed by atoms with Crippen molar-refractivity contribution in [1.29, 1.82) is 0 Å². The van der Waals surface area contributed by atoms with E-state index in [0.717, 1.165) is 12.1 Å². The molecule has 23 heavy (non-hydrogen) atoms. The summed E-state index contributed by atoms with van der Waals surface area (Å²) in [5.41, 5.74) is -1.92. The van der Waals surface area contributed by atoms with Crippen molar-refractivity contribution < 1.29 is 23.1 Å². The van der Waals surface area contributed by atoms with Gasteiger partial charge in [-0.25, -0.2) is 4.79 Å². The van der Waals surface area contributed by atoms with E-state index in [9.17, 15) is 22.8 Å². The van der Waals surface area contributed by atoms with Crippen LogP contribution >= 0.6 is 0 Å². The summed E-state index contributed by atoms with van der Waals surface area (Å²) >= 11 is 0. The topological polar surface area (TPSA) is 75.1 Å². The molecule has 118 valence electrons. The van der Waals surface area contributed by atoms with Gasteiger partial charge >= 0.3 is 12.1 Å². The van der Waals surface area contributed by atoms with Gasteiger partial charge in [-0.1, -0.05) is 0 Å². The Hall–Kier alpha value is -3.03. The van der Waals surface area contributed by atoms with Crippen molar-refractivity contribution in [2.45, 2.75) is 6.18 Å². The van der Waals surface area contributed by atoms with Crippen LogP contribution < -0.4 is 5.56 Å². The zero-order valence-corrected chi connectivity index (χ0v) is 11.4. The number of aromatic amines is 1. The summed E-state index contributed by atoms with van der Waals surface area (Å²) in [5, 5.41) is 9.12. The van der Waals surface area contributed by atoms with Crippen LogP contribution in [0.5, 0.6) is 0 Å². The van der Waals surface area contributed by atoms with Crippen LogP contribution in [-0.4, -0.2) is 20.6 Å². The van der Waals surface area contributed by atoms with Gasteiger partial charge < -0.3 is 14.7 Å². The van der Waals surface area contributed by atoms with Gasteiger partial charge in [0, 0.05) is 12.4 Å². The molecule has 0 spiro atoms. The zero-order chi connectivity index (χ0) is 16.8. The van der Waals surface area contributed by atoms with Gasteiger partial charge in [0.25, 0.3) is 5.56 Å². The number of rotatable bonds is 2. The molecule has 0 unspecified atom stereocenters. The van der Waals surface area contributed by atoms with Gasteiger partial charge in [-0.05, 0) is 30.3 Å². The van der Waals surface area contributed by atoms with Crippen molar-refractivity contribution in [2.24, 2.45) is 0 Å². The average Bonchev–Trinajstić information content (AvgIpc) is 2.91. The maximum Gasteiger partial charge on any atom is 0.418 e. The molecule has 0 aliphatic heterocycles. The SMILES string of the molecule is O=C(O)c1ccc(-n2ccc3c(=O)[nH]ccc32)c(C(F)(F)F)c1. The summed E-state index contributed by atoms with van der Waals surface area (Å²) in [6, 6.07) is 5.62. The van der Waals surface area contributed by atoms with Gasteiger partial charge in [0.2, 0.25) is 0 Å². The van der Waals surface area contributed by atoms with Gasteiger partial charge in [0.15, 0.2) is 0 Å². The Labute approximate surface area is 126 Å². The lowest BCUT2D eigenvalue weighted by atomic mass is 10.1. The molecule has 0 aliphatic rings. The lowest BCUT2D eigenvalue weighted by Crippen LogP contribution is -2.13. The lowest BCUT2D eigenvalue weighted by Gasteiger charge is -2.15. The number of pyridine rings is 1. The number of aromatic nitrogens is 2. The third kappa shape index (κ3) is 2.48. The molecule has 5 nitrogen and oxygen atoms in total. The molecular formula is C15H9F3N2O3. The van der Waals surface area contributed by atoms with Crippen LogP contribution in [0.3, 0.4) is 0 Å². The van der Waals surface area contributed by atoms with Crippen LogP contribution in [-0.2, 0) is 6.18 Å². The fraction of sp³-hybridized carbons (Fsp3) is 0.0667. The first kappa shape index (κ1) is 14.9. The van der Waals surface area contributed by atoms with E-state index in [1.165, 1.54) is 29.1 Å². The van der Waals surface area contributed by atoms with Crippen molar-refractivity contribution in [3.63, 3.8) is 0 Å². The standard InChI is InChI=1S/C15H9F3N2O3/c16-15(17,18)10-7-8(14(22)23)1-2-12(10)20-6-4-9-11(20)3-5-19-13(9)21/h1-7H,(H,19,21)(H,22,23). The zero-order valence-electron chi connectivity index (χ0n) is 11.4. The Morgan fingerprint density at radius 2 is 1.91 bits per heavy atom. The minimum atomic E-state index is -4.74. The number of hydrogen-bond acceptors (Lipinski definition) is 2. The van der Waals surface area contributed by atoms with E-state index >= 15 is 0 Å². The van der Waals surface area contributed by atoms with Crippen LogP contribution in [0.15, 0.2) is 47.5 Å². The second-order valence-corrected chi connectivity index (χ2v) is 4.83. The Bertz CT molecular complexity index is 970. The first-order chi connectivity index (χ1) is 10.8. The van der Waals surface area contributed by atoms with Crippen molar-refractivity contribution in [3.8, 4) is 5.69 Å². The highest BCUT2D eigenvalue weighted by Gasteiger charge is 2.35. The number of carboxylic acid groups (broad SMARTS) is 1. The van der Waals surface area contributed by atoms with E-state index in [-0.39, 0.29) is 11.1 Å². The van der Waals surface area contributed by atoms with Crippen molar-refractivity contribution in [1.82, 2.24) is 9.55 Å². The van der Waals surface area contributed by atoms with Crippen molar-refractivity contribution in [3.05, 3.63) is 64.2 Å². The molecule has 0 saturated heterocycles. The van der Waals surface area contributed by atoms with E-state index in [0.29, 0.717) is 11.6 Å². The number of benzene rings is 1. The summed E-state index contributed by atoms with van der Waals surface area (Å²) in [7, 11) is 0. The van der Waals surface area contributed by atoms with Crippen LogP contribution in [0, 0.1) is 0 Å². The summed E-state index contributed by atoms with van der Waals surface area (Å²) < 4.78 is 41.1. The molecule has 0 bridgehead atoms. The van der Waals surface area contributed by atoms with E-state index in [1.54, 1.807) is 0 Å². The predicted molar refractivity (Wildman–Crippen MR) is 75.9 cm³/mol. The lowest BCUT2D eigenvalue weighted by molar-refractivity contribution is -0.137. The number of nitrogens with one attached hydrogen (secondary N) is 1. The average molecular weight is 322 g/mol. The molecule has 3 aromatic rings. The maximum atomic E-state index is 13.3. The number of H-pyrrole nitrogens is 1. The number of carbonyl (C=O) groups is 1. The van der Waals surface area contributed by atoms with Crippen LogP contribution in [0.1, 0.15) is 15.9 Å². The quantitative estimate of drug-likeness (QED) is 0.761. The van der Waals surface area contributed by atoms with E-state index in [2.05, 4.69) is 4.98 Å². The molecule has 0 radical (unpaired) electrons. The van der Waals surface area contributed by atoms with Gasteiger partial charge in [-0.2, -0.15) is 13.2 Å². The normalized spacial score (nSPS) is 11.8. The minimum absolute atomic E-state index is 0.239. The van der Waals surface area contributed by atoms with Crippen LogP contribution in [0.25, 0.3) is 16.6 Å². The van der Waals surface area contributed by atoms with Crippen LogP contribution in [0.4, 0.5) is 13.2 Å². The minimum Gasteiger partial charge on any atom is -0.478 e. The number of alkyl halides is 3. The Morgan fingerprint density at radius 3 is 2.57 bits per heavy atom. The van der Waals surface area contributed by atoms with E-state index in [4.69, 9.17) is 5.11 Å². The van der Waals surface area contributed by atoms with E-state index < -0.39 is 28.8 Å². The fourth-order valence-electron chi connectivity index (χ4n) is 2.40. The number of nitrogens with zero attached hydrogens (tertiary/aromatic N) is 1. The second-order valence-electron chi connectivity index (χ2n) is 4.83. The Morgan fingerprint density at radius 1 is 1.17 bits per heavy atom. The number of carboxylic acids is 1. The molecule has 0 aliphatic carbocycles. The van der Waals surface area contributed by atoms with E-state index in [1.807, 2.05) is 0 Å². The molecular weight excluding hydrogens is 313 g/mol. The first-order valence-corrected chi connectivity index (χ1v) is 6.42. The molecule has 8 heteroatoms. The fourth-order valence-corrected chi connectivity index (χ4v) is 2.40. The van der Waals surface area contributed by atoms with Crippen molar-refractivity contribution in [2.75, 3.05) is 0 Å². The largest absolute Gasteiger partial charge is 0.478 e. The highest BCUT2D eigenvalue weighted by Crippen LogP contribution is 2.35. The molecule has 0 fully saturated rings. The van der Waals surface area contributed by atoms with Gasteiger partial charge in [-0.15, -0.1) is 0 Å². The third-order valence-electron chi connectivity index (χ3n) is 3.43. The molecule has 0 atom stereocenters. The summed E-state index contributed by atoms with van der Waals surface area (Å²) in [6.45, 7) is 0. The number of fused-ring (bicyclic) bond motifs is 1. The Balaban J connectivity index is 2.32. The monoisotopic (exact) mass is 322 g/mol. The predicted octanol–water partition coefficient (Wildman–Crippen LogP) is 3.04. The van der Waals surface area contributed by atoms with Gasteiger partial charge in [0.1, 0.15) is 0 Å². The molecule has 1 aromatic carbocycles. The molecule has 3 rings (SSSR count). The summed E-state index contributed by atoms with van der Waals surface area (Å²) in [4.78, 5) is 25.0. The second kappa shape index (κ2) is 5.01. The number of hydrogen-bond donors (Lipinski definition) is 2. The highest BCUT2D eigenvalue weighted by molar-refractivity contribution is 5.88. The summed E-state index contributed by atoms with van der Waals surface area (Å²) in [5.74, 6) is -1.45. The molecule has 0 saturated carbocycles. The number of halogens is 3. The first-order valence-electron chi connectivity index (χ1n) is 6.42. The maximum absolute atomic E-state index is 13.3. The molecule has 2 aromatic heterocycles. The molecule has 0 amide bonds. The third-order valence-corrected chi connectivity index (χ3v) is 3.43. The van der Waals surface area contributed by atoms with Crippen molar-refractivity contribution >= 4 is 16.9 Å². The summed E-state index contributed by atoms with van der Waals surface area (Å²) in [6.07, 6.45) is -2.07. The number of aromatic carboxylic acids is 1. The van der Waals surface area contributed by atoms with Gasteiger partial charge in [-0.3, -0.25) is 4.79 Å². The highest BCUT2D eigenvalue weighted by atomic mass is 19.4. The van der Waals surface area contributed by atoms with Crippen LogP contribution in [0.2, 0.25) is 0 Å². The molecule has 2 N–H and O–H groups in total. The Kier molecular flexibility index (Phi) is 3.24. The smallest absolute Gasteiger partial charge is 0.418 e. The molecule has 2 heterocycles.